The van der Waals surface area contributed by atoms with Crippen LogP contribution in [0.1, 0.15) is 25.7 Å². The Morgan fingerprint density at radius 3 is 2.56 bits per heavy atom. The Hall–Kier alpha value is -0.690. The third kappa shape index (κ3) is 8.60. The summed E-state index contributed by atoms with van der Waals surface area (Å²) in [7, 11) is 1.63. The van der Waals surface area contributed by atoms with Gasteiger partial charge in [-0.25, -0.2) is 5.01 Å². The van der Waals surface area contributed by atoms with E-state index in [4.69, 9.17) is 15.3 Å². The van der Waals surface area contributed by atoms with Crippen LogP contribution in [-0.4, -0.2) is 59.1 Å². The quantitative estimate of drug-likeness (QED) is 0.299. The summed E-state index contributed by atoms with van der Waals surface area (Å²) in [5, 5.41) is 27.7. The van der Waals surface area contributed by atoms with Crippen LogP contribution in [0.3, 0.4) is 0 Å². The number of carbonyl (C=O) groups is 1. The van der Waals surface area contributed by atoms with Gasteiger partial charge in [0.1, 0.15) is 0 Å². The molecule has 0 aliphatic heterocycles. The van der Waals surface area contributed by atoms with E-state index in [9.17, 15) is 4.79 Å². The Kier molecular flexibility index (Phi) is 9.12. The molecule has 1 atom stereocenters. The fraction of sp³-hybridized carbons (Fsp3) is 0.900. The summed E-state index contributed by atoms with van der Waals surface area (Å²) in [5.41, 5.74) is 2.58. The molecule has 0 radical (unpaired) electrons. The lowest BCUT2D eigenvalue weighted by atomic mass is 10.2. The van der Waals surface area contributed by atoms with Crippen LogP contribution in [0.15, 0.2) is 0 Å². The van der Waals surface area contributed by atoms with Crippen molar-refractivity contribution in [2.75, 3.05) is 26.8 Å². The molecule has 0 aromatic heterocycles. The molecule has 0 bridgehead atoms. The van der Waals surface area contributed by atoms with Crippen LogP contribution in [0.25, 0.3) is 0 Å². The van der Waals surface area contributed by atoms with Crippen molar-refractivity contribution in [3.8, 4) is 0 Å². The number of nitrogens with one attached hydrogen (secondary N) is 1. The van der Waals surface area contributed by atoms with E-state index in [1.54, 1.807) is 7.05 Å². The van der Waals surface area contributed by atoms with Crippen LogP contribution < -0.4 is 5.43 Å². The maximum atomic E-state index is 11.3. The molecule has 0 rings (SSSR count). The first kappa shape index (κ1) is 15.3. The molecule has 0 saturated carbocycles. The van der Waals surface area contributed by atoms with Gasteiger partial charge in [0.05, 0.1) is 12.7 Å². The molecule has 96 valence electrons. The summed E-state index contributed by atoms with van der Waals surface area (Å²) < 4.78 is 0. The average Bonchev–Trinajstić information content (AvgIpc) is 2.24. The summed E-state index contributed by atoms with van der Waals surface area (Å²) in [6.07, 6.45) is 1.83. The Morgan fingerprint density at radius 1 is 1.31 bits per heavy atom. The minimum atomic E-state index is -0.848. The summed E-state index contributed by atoms with van der Waals surface area (Å²) >= 11 is 0. The lowest BCUT2D eigenvalue weighted by Crippen LogP contribution is -2.44. The SMILES string of the molecule is CN(CC(O)CO)NC(=O)CCCCCO. The lowest BCUT2D eigenvalue weighted by molar-refractivity contribution is -0.126. The molecule has 0 aliphatic carbocycles. The predicted molar refractivity (Wildman–Crippen MR) is 59.4 cm³/mol. The van der Waals surface area contributed by atoms with Crippen molar-refractivity contribution in [3.05, 3.63) is 0 Å². The topological polar surface area (TPSA) is 93.0 Å². The average molecular weight is 234 g/mol. The molecule has 0 fully saturated rings. The molecule has 0 aliphatic rings. The summed E-state index contributed by atoms with van der Waals surface area (Å²) in [4.78, 5) is 11.3. The van der Waals surface area contributed by atoms with Gasteiger partial charge >= 0.3 is 0 Å². The molecule has 4 N–H and O–H groups in total. The Balaban J connectivity index is 3.54. The second-order valence-corrected chi connectivity index (χ2v) is 3.79. The van der Waals surface area contributed by atoms with Gasteiger partial charge in [0, 0.05) is 26.6 Å². The zero-order chi connectivity index (χ0) is 12.4. The predicted octanol–water partition coefficient (Wildman–Crippen LogP) is -1.14. The van der Waals surface area contributed by atoms with Crippen molar-refractivity contribution >= 4 is 5.91 Å². The molecular weight excluding hydrogens is 212 g/mol. The van der Waals surface area contributed by atoms with E-state index in [-0.39, 0.29) is 25.7 Å². The Morgan fingerprint density at radius 2 is 2.00 bits per heavy atom. The molecule has 1 amide bonds. The summed E-state index contributed by atoms with van der Waals surface area (Å²) in [5.74, 6) is -0.120. The second kappa shape index (κ2) is 9.53. The van der Waals surface area contributed by atoms with Crippen LogP contribution in [0.2, 0.25) is 0 Å². The molecule has 1 unspecified atom stereocenters. The molecule has 0 saturated heterocycles. The number of likely N-dealkylation sites (N-methyl/N-ethyl adjacent to an activating group) is 1. The molecule has 6 nitrogen and oxygen atoms in total. The van der Waals surface area contributed by atoms with Crippen LogP contribution in [0, 0.1) is 0 Å². The number of amides is 1. The highest BCUT2D eigenvalue weighted by Crippen LogP contribution is 1.99. The number of nitrogens with zero attached hydrogens (tertiary/aromatic N) is 1. The van der Waals surface area contributed by atoms with Crippen molar-refractivity contribution < 1.29 is 20.1 Å². The smallest absolute Gasteiger partial charge is 0.234 e. The Labute approximate surface area is 95.8 Å². The molecule has 6 heteroatoms. The minimum absolute atomic E-state index is 0.120. The maximum absolute atomic E-state index is 11.3. The number of aliphatic hydroxyl groups excluding tert-OH is 3. The number of unbranched alkanes of at least 4 members (excludes halogenated alkanes) is 2. The molecule has 0 aromatic rings. The van der Waals surface area contributed by atoms with E-state index in [2.05, 4.69) is 5.43 Å². The third-order valence-electron chi connectivity index (χ3n) is 2.07. The second-order valence-electron chi connectivity index (χ2n) is 3.79. The van der Waals surface area contributed by atoms with E-state index in [0.717, 1.165) is 12.8 Å². The third-order valence-corrected chi connectivity index (χ3v) is 2.07. The zero-order valence-electron chi connectivity index (χ0n) is 9.72. The molecule has 16 heavy (non-hydrogen) atoms. The van der Waals surface area contributed by atoms with Crippen LogP contribution in [0.4, 0.5) is 0 Å². The van der Waals surface area contributed by atoms with Crippen LogP contribution in [-0.2, 0) is 4.79 Å². The normalized spacial score (nSPS) is 12.8. The van der Waals surface area contributed by atoms with Crippen molar-refractivity contribution in [2.24, 2.45) is 0 Å². The fourth-order valence-corrected chi connectivity index (χ4v) is 1.26. The largest absolute Gasteiger partial charge is 0.396 e. The van der Waals surface area contributed by atoms with Crippen LogP contribution >= 0.6 is 0 Å². The number of carbonyl (C=O) groups excluding carboxylic acids is 1. The lowest BCUT2D eigenvalue weighted by Gasteiger charge is -2.20. The highest BCUT2D eigenvalue weighted by molar-refractivity contribution is 5.75. The zero-order valence-corrected chi connectivity index (χ0v) is 9.72. The highest BCUT2D eigenvalue weighted by Gasteiger charge is 2.09. The maximum Gasteiger partial charge on any atom is 0.234 e. The first-order valence-electron chi connectivity index (χ1n) is 5.50. The van der Waals surface area contributed by atoms with Crippen molar-refractivity contribution in [1.82, 2.24) is 10.4 Å². The molecular formula is C10H22N2O4. The fourth-order valence-electron chi connectivity index (χ4n) is 1.26. The van der Waals surface area contributed by atoms with Gasteiger partial charge in [0.15, 0.2) is 0 Å². The van der Waals surface area contributed by atoms with Gasteiger partial charge in [-0.15, -0.1) is 0 Å². The first-order chi connectivity index (χ1) is 7.60. The number of hydrazine groups is 1. The van der Waals surface area contributed by atoms with Crippen molar-refractivity contribution in [3.63, 3.8) is 0 Å². The van der Waals surface area contributed by atoms with Gasteiger partial charge in [-0.05, 0) is 12.8 Å². The Bertz CT molecular complexity index is 190. The molecule has 0 heterocycles. The van der Waals surface area contributed by atoms with E-state index in [1.807, 2.05) is 0 Å². The van der Waals surface area contributed by atoms with E-state index in [0.29, 0.717) is 12.8 Å². The van der Waals surface area contributed by atoms with Crippen molar-refractivity contribution in [1.29, 1.82) is 0 Å². The molecule has 0 spiro atoms. The van der Waals surface area contributed by atoms with Gasteiger partial charge in [0.25, 0.3) is 0 Å². The van der Waals surface area contributed by atoms with Gasteiger partial charge in [-0.1, -0.05) is 6.42 Å². The van der Waals surface area contributed by atoms with Gasteiger partial charge in [0.2, 0.25) is 5.91 Å². The number of aliphatic hydroxyl groups is 3. The van der Waals surface area contributed by atoms with Gasteiger partial charge in [-0.3, -0.25) is 10.2 Å². The van der Waals surface area contributed by atoms with E-state index in [1.165, 1.54) is 5.01 Å². The number of hydrogen-bond donors (Lipinski definition) is 4. The van der Waals surface area contributed by atoms with Gasteiger partial charge < -0.3 is 15.3 Å². The standard InChI is InChI=1S/C10H22N2O4/c1-12(7-9(15)8-14)11-10(16)5-3-2-4-6-13/h9,13-15H,2-8H2,1H3,(H,11,16). The highest BCUT2D eigenvalue weighted by atomic mass is 16.3. The van der Waals surface area contributed by atoms with E-state index >= 15 is 0 Å². The minimum Gasteiger partial charge on any atom is -0.396 e. The van der Waals surface area contributed by atoms with Crippen molar-refractivity contribution in [2.45, 2.75) is 31.8 Å². The molecule has 0 aromatic carbocycles. The monoisotopic (exact) mass is 234 g/mol. The van der Waals surface area contributed by atoms with Gasteiger partial charge in [-0.2, -0.15) is 0 Å². The number of hydrogen-bond acceptors (Lipinski definition) is 5. The first-order valence-corrected chi connectivity index (χ1v) is 5.50. The van der Waals surface area contributed by atoms with E-state index < -0.39 is 6.10 Å². The summed E-state index contributed by atoms with van der Waals surface area (Å²) in [6.45, 7) is 0.0276. The van der Waals surface area contributed by atoms with Crippen LogP contribution in [0.5, 0.6) is 0 Å². The number of rotatable bonds is 9. The summed E-state index contributed by atoms with van der Waals surface area (Å²) in [6, 6.07) is 0.